The molecule has 0 aliphatic heterocycles. The molecule has 0 aliphatic carbocycles. The molecule has 0 aromatic heterocycles. The van der Waals surface area contributed by atoms with Gasteiger partial charge in [0.15, 0.2) is 0 Å². The molecule has 0 saturated heterocycles. The zero-order chi connectivity index (χ0) is 15.8. The van der Waals surface area contributed by atoms with Crippen LogP contribution < -0.4 is 0 Å². The van der Waals surface area contributed by atoms with Crippen LogP contribution in [0.3, 0.4) is 0 Å². The highest BCUT2D eigenvalue weighted by Gasteiger charge is 2.15. The van der Waals surface area contributed by atoms with E-state index >= 15 is 0 Å². The Balaban J connectivity index is 3.61. The van der Waals surface area contributed by atoms with Gasteiger partial charge < -0.3 is 9.47 Å². The summed E-state index contributed by atoms with van der Waals surface area (Å²) in [6, 6.07) is 0. The quantitative estimate of drug-likeness (QED) is 0.528. The SMILES string of the molecule is CC(C)(C)COC(=O)CCCCC(=O)OCC(C)(C)C. The van der Waals surface area contributed by atoms with Crippen molar-refractivity contribution in [2.75, 3.05) is 13.2 Å². The van der Waals surface area contributed by atoms with Gasteiger partial charge in [-0.3, -0.25) is 9.59 Å². The molecular formula is C16H30O4. The Morgan fingerprint density at radius 1 is 0.700 bits per heavy atom. The summed E-state index contributed by atoms with van der Waals surface area (Å²) in [7, 11) is 0. The second kappa shape index (κ2) is 8.28. The van der Waals surface area contributed by atoms with Crippen molar-refractivity contribution >= 4 is 11.9 Å². The molecule has 0 spiro atoms. The van der Waals surface area contributed by atoms with E-state index in [1.807, 2.05) is 41.5 Å². The normalized spacial score (nSPS) is 12.1. The van der Waals surface area contributed by atoms with Gasteiger partial charge in [-0.2, -0.15) is 0 Å². The van der Waals surface area contributed by atoms with Crippen molar-refractivity contribution in [1.82, 2.24) is 0 Å². The van der Waals surface area contributed by atoms with Gasteiger partial charge in [-0.25, -0.2) is 0 Å². The van der Waals surface area contributed by atoms with Crippen LogP contribution in [0.25, 0.3) is 0 Å². The molecule has 0 N–H and O–H groups in total. The third-order valence-electron chi connectivity index (χ3n) is 2.34. The second-order valence-corrected chi connectivity index (χ2v) is 7.65. The molecule has 0 unspecified atom stereocenters. The Kier molecular flexibility index (Phi) is 7.84. The summed E-state index contributed by atoms with van der Waals surface area (Å²) in [4.78, 5) is 22.9. The van der Waals surface area contributed by atoms with Crippen molar-refractivity contribution in [3.05, 3.63) is 0 Å². The second-order valence-electron chi connectivity index (χ2n) is 7.65. The van der Waals surface area contributed by atoms with Crippen LogP contribution in [-0.4, -0.2) is 25.2 Å². The summed E-state index contributed by atoms with van der Waals surface area (Å²) < 4.78 is 10.3. The minimum atomic E-state index is -0.192. The van der Waals surface area contributed by atoms with Gasteiger partial charge in [0, 0.05) is 12.8 Å². The fourth-order valence-electron chi connectivity index (χ4n) is 1.28. The Morgan fingerprint density at radius 2 is 1.00 bits per heavy atom. The predicted octanol–water partition coefficient (Wildman–Crippen LogP) is 3.73. The Labute approximate surface area is 123 Å². The van der Waals surface area contributed by atoms with Crippen molar-refractivity contribution in [2.24, 2.45) is 10.8 Å². The molecule has 0 rings (SSSR count). The topological polar surface area (TPSA) is 52.6 Å². The first-order valence-corrected chi connectivity index (χ1v) is 7.31. The summed E-state index contributed by atoms with van der Waals surface area (Å²) in [6.45, 7) is 13.0. The Hall–Kier alpha value is -1.06. The van der Waals surface area contributed by atoms with Gasteiger partial charge in [0.25, 0.3) is 0 Å². The molecule has 118 valence electrons. The molecule has 20 heavy (non-hydrogen) atoms. The van der Waals surface area contributed by atoms with E-state index in [-0.39, 0.29) is 22.8 Å². The van der Waals surface area contributed by atoms with Crippen LogP contribution >= 0.6 is 0 Å². The summed E-state index contributed by atoms with van der Waals surface area (Å²) in [5, 5.41) is 0. The number of carbonyl (C=O) groups excluding carboxylic acids is 2. The van der Waals surface area contributed by atoms with Gasteiger partial charge in [0.05, 0.1) is 13.2 Å². The van der Waals surface area contributed by atoms with E-state index in [2.05, 4.69) is 0 Å². The van der Waals surface area contributed by atoms with E-state index in [0.29, 0.717) is 38.9 Å². The van der Waals surface area contributed by atoms with Gasteiger partial charge in [-0.1, -0.05) is 41.5 Å². The molecule has 0 aromatic rings. The molecular weight excluding hydrogens is 256 g/mol. The van der Waals surface area contributed by atoms with Crippen molar-refractivity contribution in [3.8, 4) is 0 Å². The number of rotatable bonds is 7. The molecule has 0 heterocycles. The standard InChI is InChI=1S/C16H30O4/c1-15(2,3)11-19-13(17)9-7-8-10-14(18)20-12-16(4,5)6/h7-12H2,1-6H3. The molecule has 0 amide bonds. The number of carbonyl (C=O) groups is 2. The van der Waals surface area contributed by atoms with Gasteiger partial charge in [-0.15, -0.1) is 0 Å². The average Bonchev–Trinajstić information content (AvgIpc) is 2.27. The lowest BCUT2D eigenvalue weighted by atomic mass is 9.98. The van der Waals surface area contributed by atoms with Crippen molar-refractivity contribution in [2.45, 2.75) is 67.2 Å². The largest absolute Gasteiger partial charge is 0.465 e. The van der Waals surface area contributed by atoms with Crippen LogP contribution in [0.4, 0.5) is 0 Å². The Morgan fingerprint density at radius 3 is 1.25 bits per heavy atom. The van der Waals surface area contributed by atoms with E-state index < -0.39 is 0 Å². The monoisotopic (exact) mass is 286 g/mol. The number of ether oxygens (including phenoxy) is 2. The van der Waals surface area contributed by atoms with E-state index in [9.17, 15) is 9.59 Å². The third-order valence-corrected chi connectivity index (χ3v) is 2.34. The first kappa shape index (κ1) is 18.9. The number of esters is 2. The molecule has 0 aliphatic rings. The maximum Gasteiger partial charge on any atom is 0.305 e. The van der Waals surface area contributed by atoms with Gasteiger partial charge in [0.1, 0.15) is 0 Å². The van der Waals surface area contributed by atoms with Crippen LogP contribution in [0.2, 0.25) is 0 Å². The third kappa shape index (κ3) is 13.4. The maximum absolute atomic E-state index is 11.5. The first-order chi connectivity index (χ1) is 8.99. The average molecular weight is 286 g/mol. The highest BCUT2D eigenvalue weighted by atomic mass is 16.5. The summed E-state index contributed by atoms with van der Waals surface area (Å²) in [5.41, 5.74) is -0.0150. The summed E-state index contributed by atoms with van der Waals surface area (Å²) in [6.07, 6.45) is 2.05. The number of unbranched alkanes of at least 4 members (excludes halogenated alkanes) is 1. The maximum atomic E-state index is 11.5. The Bertz CT molecular complexity index is 275. The lowest BCUT2D eigenvalue weighted by Crippen LogP contribution is -2.19. The van der Waals surface area contributed by atoms with E-state index in [0.717, 1.165) is 0 Å². The fourth-order valence-corrected chi connectivity index (χ4v) is 1.28. The lowest BCUT2D eigenvalue weighted by Gasteiger charge is -2.18. The fraction of sp³-hybridized carbons (Fsp3) is 0.875. The molecule has 0 saturated carbocycles. The predicted molar refractivity (Wildman–Crippen MR) is 79.3 cm³/mol. The smallest absolute Gasteiger partial charge is 0.305 e. The van der Waals surface area contributed by atoms with Gasteiger partial charge in [-0.05, 0) is 23.7 Å². The zero-order valence-corrected chi connectivity index (χ0v) is 13.9. The highest BCUT2D eigenvalue weighted by Crippen LogP contribution is 2.15. The van der Waals surface area contributed by atoms with Crippen LogP contribution in [0, 0.1) is 10.8 Å². The van der Waals surface area contributed by atoms with Crippen LogP contribution in [0.15, 0.2) is 0 Å². The van der Waals surface area contributed by atoms with E-state index in [4.69, 9.17) is 9.47 Å². The summed E-state index contributed by atoms with van der Waals surface area (Å²) in [5.74, 6) is -0.383. The van der Waals surface area contributed by atoms with Gasteiger partial charge in [0.2, 0.25) is 0 Å². The molecule has 4 heteroatoms. The molecule has 0 fully saturated rings. The van der Waals surface area contributed by atoms with E-state index in [1.54, 1.807) is 0 Å². The molecule has 0 bridgehead atoms. The minimum absolute atomic E-state index is 0.00752. The molecule has 4 nitrogen and oxygen atoms in total. The van der Waals surface area contributed by atoms with E-state index in [1.165, 1.54) is 0 Å². The molecule has 0 atom stereocenters. The van der Waals surface area contributed by atoms with Gasteiger partial charge >= 0.3 is 11.9 Å². The highest BCUT2D eigenvalue weighted by molar-refractivity contribution is 5.70. The first-order valence-electron chi connectivity index (χ1n) is 7.31. The van der Waals surface area contributed by atoms with Crippen molar-refractivity contribution in [3.63, 3.8) is 0 Å². The van der Waals surface area contributed by atoms with Crippen LogP contribution in [0.1, 0.15) is 67.2 Å². The van der Waals surface area contributed by atoms with Crippen molar-refractivity contribution < 1.29 is 19.1 Å². The minimum Gasteiger partial charge on any atom is -0.465 e. The summed E-state index contributed by atoms with van der Waals surface area (Å²) >= 11 is 0. The zero-order valence-electron chi connectivity index (χ0n) is 13.9. The molecule has 0 aromatic carbocycles. The van der Waals surface area contributed by atoms with Crippen LogP contribution in [0.5, 0.6) is 0 Å². The lowest BCUT2D eigenvalue weighted by molar-refractivity contribution is -0.148. The number of hydrogen-bond donors (Lipinski definition) is 0. The number of hydrogen-bond acceptors (Lipinski definition) is 4. The van der Waals surface area contributed by atoms with Crippen molar-refractivity contribution in [1.29, 1.82) is 0 Å². The van der Waals surface area contributed by atoms with Crippen LogP contribution in [-0.2, 0) is 19.1 Å². The molecule has 0 radical (unpaired) electrons.